The van der Waals surface area contributed by atoms with E-state index in [0.717, 1.165) is 5.41 Å². The molecule has 0 heteroatoms. The zero-order chi connectivity index (χ0) is 10.5. The summed E-state index contributed by atoms with van der Waals surface area (Å²) in [6, 6.07) is 0. The summed E-state index contributed by atoms with van der Waals surface area (Å²) in [7, 11) is 0. The Morgan fingerprint density at radius 2 is 2.12 bits per heavy atom. The lowest BCUT2D eigenvalue weighted by Crippen LogP contribution is -2.48. The van der Waals surface area contributed by atoms with Gasteiger partial charge >= 0.3 is 0 Å². The third-order valence-electron chi connectivity index (χ3n) is 7.68. The van der Waals surface area contributed by atoms with Gasteiger partial charge in [-0.1, -0.05) is 26.2 Å². The van der Waals surface area contributed by atoms with E-state index in [-0.39, 0.29) is 0 Å². The van der Waals surface area contributed by atoms with Crippen LogP contribution in [-0.4, -0.2) is 0 Å². The van der Waals surface area contributed by atoms with Crippen LogP contribution < -0.4 is 0 Å². The van der Waals surface area contributed by atoms with Crippen molar-refractivity contribution in [2.24, 2.45) is 46.8 Å². The molecule has 8 unspecified atom stereocenters. The van der Waals surface area contributed by atoms with Gasteiger partial charge in [0.15, 0.2) is 0 Å². The molecular formula is C16H24. The van der Waals surface area contributed by atoms with E-state index in [2.05, 4.69) is 6.92 Å². The van der Waals surface area contributed by atoms with E-state index >= 15 is 0 Å². The van der Waals surface area contributed by atoms with Crippen molar-refractivity contribution < 1.29 is 0 Å². The Bertz CT molecular complexity index is 346. The zero-order valence-electron chi connectivity index (χ0n) is 10.5. The first-order chi connectivity index (χ1) is 7.87. The van der Waals surface area contributed by atoms with Crippen LogP contribution in [0.5, 0.6) is 0 Å². The van der Waals surface area contributed by atoms with Crippen molar-refractivity contribution in [3.05, 3.63) is 0 Å². The average Bonchev–Trinajstić information content (AvgIpc) is 2.70. The van der Waals surface area contributed by atoms with Crippen LogP contribution >= 0.6 is 0 Å². The molecule has 4 bridgehead atoms. The molecule has 0 aromatic heterocycles. The first kappa shape index (κ1) is 9.00. The van der Waals surface area contributed by atoms with Crippen LogP contribution in [-0.2, 0) is 0 Å². The second-order valence-electron chi connectivity index (χ2n) is 7.73. The van der Waals surface area contributed by atoms with Crippen molar-refractivity contribution >= 4 is 0 Å². The molecule has 6 fully saturated rings. The van der Waals surface area contributed by atoms with Gasteiger partial charge in [0.1, 0.15) is 0 Å². The molecule has 0 nitrogen and oxygen atoms in total. The minimum atomic E-state index is 0.962. The molecule has 6 rings (SSSR count). The number of rotatable bonds is 2. The number of fused-ring (bicyclic) bond motifs is 2. The van der Waals surface area contributed by atoms with Crippen LogP contribution in [0.25, 0.3) is 0 Å². The normalized spacial score (nSPS) is 68.4. The Morgan fingerprint density at radius 3 is 3.00 bits per heavy atom. The summed E-state index contributed by atoms with van der Waals surface area (Å²) in [6.45, 7) is 2.39. The van der Waals surface area contributed by atoms with Gasteiger partial charge in [-0.15, -0.1) is 0 Å². The number of hydrogen-bond donors (Lipinski definition) is 0. The minimum Gasteiger partial charge on any atom is -0.0654 e. The molecule has 88 valence electrons. The van der Waals surface area contributed by atoms with Gasteiger partial charge in [0.25, 0.3) is 0 Å². The van der Waals surface area contributed by atoms with Crippen LogP contribution in [0.1, 0.15) is 51.9 Å². The number of hydrogen-bond acceptors (Lipinski definition) is 0. The van der Waals surface area contributed by atoms with Gasteiger partial charge < -0.3 is 0 Å². The Labute approximate surface area is 99.2 Å². The van der Waals surface area contributed by atoms with Gasteiger partial charge in [0.05, 0.1) is 0 Å². The van der Waals surface area contributed by atoms with Crippen molar-refractivity contribution in [1.82, 2.24) is 0 Å². The van der Waals surface area contributed by atoms with Gasteiger partial charge in [0.2, 0.25) is 0 Å². The lowest BCUT2D eigenvalue weighted by molar-refractivity contribution is -0.0561. The van der Waals surface area contributed by atoms with E-state index in [1.54, 1.807) is 38.5 Å². The van der Waals surface area contributed by atoms with Crippen molar-refractivity contribution in [1.29, 1.82) is 0 Å². The average molecular weight is 216 g/mol. The van der Waals surface area contributed by atoms with Gasteiger partial charge in [-0.2, -0.15) is 0 Å². The lowest BCUT2D eigenvalue weighted by atomic mass is 9.51. The molecule has 6 saturated carbocycles. The highest BCUT2D eigenvalue weighted by atomic mass is 14.8. The van der Waals surface area contributed by atoms with Crippen molar-refractivity contribution in [2.45, 2.75) is 51.9 Å². The van der Waals surface area contributed by atoms with Gasteiger partial charge in [-0.25, -0.2) is 0 Å². The van der Waals surface area contributed by atoms with Gasteiger partial charge in [-0.05, 0) is 72.5 Å². The molecule has 0 radical (unpaired) electrons. The van der Waals surface area contributed by atoms with Crippen LogP contribution in [0.15, 0.2) is 0 Å². The first-order valence-corrected chi connectivity index (χ1v) is 7.87. The molecule has 0 saturated heterocycles. The molecule has 0 N–H and O–H groups in total. The highest BCUT2D eigenvalue weighted by Crippen LogP contribution is 2.86. The first-order valence-electron chi connectivity index (χ1n) is 7.87. The highest BCUT2D eigenvalue weighted by Gasteiger charge is 2.80. The highest BCUT2D eigenvalue weighted by molar-refractivity contribution is 5.28. The van der Waals surface area contributed by atoms with E-state index in [0.29, 0.717) is 0 Å². The van der Waals surface area contributed by atoms with Crippen LogP contribution in [0, 0.1) is 46.8 Å². The van der Waals surface area contributed by atoms with Crippen LogP contribution in [0.2, 0.25) is 0 Å². The molecule has 0 aliphatic heterocycles. The van der Waals surface area contributed by atoms with Gasteiger partial charge in [-0.3, -0.25) is 0 Å². The zero-order valence-corrected chi connectivity index (χ0v) is 10.5. The van der Waals surface area contributed by atoms with Gasteiger partial charge in [0, 0.05) is 0 Å². The molecule has 1 spiro atoms. The van der Waals surface area contributed by atoms with Crippen molar-refractivity contribution in [2.75, 3.05) is 0 Å². The monoisotopic (exact) mass is 216 g/mol. The quantitative estimate of drug-likeness (QED) is 0.652. The predicted molar refractivity (Wildman–Crippen MR) is 64.9 cm³/mol. The largest absolute Gasteiger partial charge is 0.0654 e. The summed E-state index contributed by atoms with van der Waals surface area (Å²) in [4.78, 5) is 0. The molecule has 6 aliphatic rings. The van der Waals surface area contributed by atoms with Crippen LogP contribution in [0.3, 0.4) is 0 Å². The summed E-state index contributed by atoms with van der Waals surface area (Å²) >= 11 is 0. The molecule has 0 amide bonds. The fourth-order valence-electron chi connectivity index (χ4n) is 7.54. The fourth-order valence-corrected chi connectivity index (χ4v) is 7.54. The van der Waals surface area contributed by atoms with E-state index in [1.165, 1.54) is 47.8 Å². The molecule has 8 atom stereocenters. The summed E-state index contributed by atoms with van der Waals surface area (Å²) in [5.41, 5.74) is 0.962. The minimum absolute atomic E-state index is 0.962. The van der Waals surface area contributed by atoms with Crippen molar-refractivity contribution in [3.63, 3.8) is 0 Å². The molecule has 0 heterocycles. The van der Waals surface area contributed by atoms with E-state index in [9.17, 15) is 0 Å². The molecule has 6 aliphatic carbocycles. The fraction of sp³-hybridized carbons (Fsp3) is 1.00. The third-order valence-corrected chi connectivity index (χ3v) is 7.68. The molecule has 0 aromatic carbocycles. The maximum Gasteiger partial charge on any atom is -0.0229 e. The lowest BCUT2D eigenvalue weighted by Gasteiger charge is -2.53. The Balaban J connectivity index is 1.45. The van der Waals surface area contributed by atoms with E-state index < -0.39 is 0 Å². The Kier molecular flexibility index (Phi) is 1.43. The molecule has 16 heavy (non-hydrogen) atoms. The Hall–Kier alpha value is 0. The third kappa shape index (κ3) is 0.728. The second-order valence-corrected chi connectivity index (χ2v) is 7.73. The van der Waals surface area contributed by atoms with Crippen LogP contribution in [0.4, 0.5) is 0 Å². The summed E-state index contributed by atoms with van der Waals surface area (Å²) in [5.74, 6) is 8.58. The Morgan fingerprint density at radius 1 is 1.19 bits per heavy atom. The SMILES string of the molecule is CCCC1CC2C3CC45CCCC4C5C2C13. The summed E-state index contributed by atoms with van der Waals surface area (Å²) in [5, 5.41) is 0. The standard InChI is InChI=1S/C16H24/c1-2-4-9-7-10-11-8-16-6-3-5-12(16)15(16)14(10)13(9)11/h9-15H,2-8H2,1H3. The molecule has 0 aromatic rings. The second kappa shape index (κ2) is 2.54. The van der Waals surface area contributed by atoms with E-state index in [1.807, 2.05) is 0 Å². The molecular weight excluding hydrogens is 192 g/mol. The predicted octanol–water partition coefficient (Wildman–Crippen LogP) is 4.10. The van der Waals surface area contributed by atoms with E-state index in [4.69, 9.17) is 0 Å². The smallest absolute Gasteiger partial charge is 0.0229 e. The maximum atomic E-state index is 2.39. The maximum absolute atomic E-state index is 2.39. The summed E-state index contributed by atoms with van der Waals surface area (Å²) < 4.78 is 0. The summed E-state index contributed by atoms with van der Waals surface area (Å²) in [6.07, 6.45) is 11.2. The van der Waals surface area contributed by atoms with Crippen molar-refractivity contribution in [3.8, 4) is 0 Å². The topological polar surface area (TPSA) is 0 Å².